The predicted octanol–water partition coefficient (Wildman–Crippen LogP) is 4.11. The molecule has 0 fully saturated rings. The number of rotatable bonds is 7. The summed E-state index contributed by atoms with van der Waals surface area (Å²) in [5.74, 6) is 2.74. The Bertz CT molecular complexity index is 527. The van der Waals surface area contributed by atoms with E-state index >= 15 is 0 Å². The van der Waals surface area contributed by atoms with Crippen LogP contribution in [-0.2, 0) is 0 Å². The molecule has 1 aromatic carbocycles. The molecule has 0 aliphatic rings. The van der Waals surface area contributed by atoms with Gasteiger partial charge < -0.3 is 10.1 Å². The number of thiazole rings is 1. The molecule has 0 aliphatic carbocycles. The van der Waals surface area contributed by atoms with Crippen molar-refractivity contribution < 1.29 is 4.74 Å². The zero-order valence-electron chi connectivity index (χ0n) is 11.6. The minimum atomic E-state index is 0.654. The highest BCUT2D eigenvalue weighted by Gasteiger charge is 2.06. The molecule has 1 heterocycles. The van der Waals surface area contributed by atoms with E-state index in [1.165, 1.54) is 10.5 Å². The molecule has 1 unspecified atom stereocenters. The Kier molecular flexibility index (Phi) is 5.34. The van der Waals surface area contributed by atoms with E-state index in [2.05, 4.69) is 29.5 Å². The van der Waals surface area contributed by atoms with Crippen molar-refractivity contribution in [3.8, 4) is 5.75 Å². The fraction of sp³-hybridized carbons (Fsp3) is 0.500. The third kappa shape index (κ3) is 4.01. The van der Waals surface area contributed by atoms with Crippen LogP contribution in [0.2, 0.25) is 0 Å². The minimum Gasteiger partial charge on any atom is -0.494 e. The van der Waals surface area contributed by atoms with Crippen molar-refractivity contribution in [1.29, 1.82) is 0 Å². The normalized spacial score (nSPS) is 12.6. The van der Waals surface area contributed by atoms with Gasteiger partial charge in [-0.2, -0.15) is 11.8 Å². The average molecular weight is 296 g/mol. The van der Waals surface area contributed by atoms with Crippen LogP contribution in [-0.4, -0.2) is 30.1 Å². The third-order valence-electron chi connectivity index (χ3n) is 2.72. The monoisotopic (exact) mass is 296 g/mol. The molecule has 0 saturated heterocycles. The molecule has 0 aliphatic heterocycles. The molecule has 2 rings (SSSR count). The number of nitrogens with one attached hydrogen (secondary N) is 1. The van der Waals surface area contributed by atoms with Gasteiger partial charge in [-0.25, -0.2) is 4.98 Å². The lowest BCUT2D eigenvalue weighted by atomic mass is 10.2. The number of benzene rings is 1. The van der Waals surface area contributed by atoms with E-state index in [4.69, 9.17) is 4.74 Å². The summed E-state index contributed by atoms with van der Waals surface area (Å²) in [5, 5.41) is 4.42. The third-order valence-corrected chi connectivity index (χ3v) is 4.60. The molecular formula is C14H20N2OS2. The lowest BCUT2D eigenvalue weighted by molar-refractivity contribution is 0.341. The van der Waals surface area contributed by atoms with Crippen LogP contribution in [0.1, 0.15) is 13.8 Å². The lowest BCUT2D eigenvalue weighted by Gasteiger charge is -2.09. The summed E-state index contributed by atoms with van der Waals surface area (Å²) in [6.07, 6.45) is 2.14. The van der Waals surface area contributed by atoms with Crippen molar-refractivity contribution >= 4 is 38.4 Å². The SMILES string of the molecule is CCOc1ccc2nc(NCC(C)CSC)sc2c1. The highest BCUT2D eigenvalue weighted by atomic mass is 32.2. The van der Waals surface area contributed by atoms with Crippen molar-refractivity contribution in [1.82, 2.24) is 4.98 Å². The fourth-order valence-electron chi connectivity index (χ4n) is 1.84. The topological polar surface area (TPSA) is 34.1 Å². The first-order valence-corrected chi connectivity index (χ1v) is 8.70. The second-order valence-corrected chi connectivity index (χ2v) is 6.46. The van der Waals surface area contributed by atoms with E-state index in [0.29, 0.717) is 12.5 Å². The van der Waals surface area contributed by atoms with Gasteiger partial charge in [0.1, 0.15) is 5.75 Å². The Labute approximate surface area is 122 Å². The van der Waals surface area contributed by atoms with Crippen molar-refractivity contribution in [3.63, 3.8) is 0 Å². The van der Waals surface area contributed by atoms with Crippen LogP contribution in [0.25, 0.3) is 10.2 Å². The number of nitrogens with zero attached hydrogens (tertiary/aromatic N) is 1. The summed E-state index contributed by atoms with van der Waals surface area (Å²) < 4.78 is 6.68. The summed E-state index contributed by atoms with van der Waals surface area (Å²) in [6.45, 7) is 5.92. The Hall–Kier alpha value is -0.940. The van der Waals surface area contributed by atoms with Crippen LogP contribution in [0.3, 0.4) is 0 Å². The highest BCUT2D eigenvalue weighted by molar-refractivity contribution is 7.98. The van der Waals surface area contributed by atoms with Crippen LogP contribution in [0.5, 0.6) is 5.75 Å². The first-order valence-electron chi connectivity index (χ1n) is 6.49. The fourth-order valence-corrected chi connectivity index (χ4v) is 3.43. The van der Waals surface area contributed by atoms with Gasteiger partial charge in [-0.15, -0.1) is 0 Å². The first-order chi connectivity index (χ1) is 9.22. The maximum absolute atomic E-state index is 5.51. The number of thioether (sulfide) groups is 1. The summed E-state index contributed by atoms with van der Waals surface area (Å²) in [4.78, 5) is 4.59. The molecule has 2 aromatic rings. The van der Waals surface area contributed by atoms with E-state index in [1.807, 2.05) is 30.8 Å². The van der Waals surface area contributed by atoms with Gasteiger partial charge in [0.05, 0.1) is 16.8 Å². The van der Waals surface area contributed by atoms with Crippen molar-refractivity contribution in [2.75, 3.05) is 30.5 Å². The molecule has 0 radical (unpaired) electrons. The van der Waals surface area contributed by atoms with Crippen LogP contribution in [0.4, 0.5) is 5.13 Å². The van der Waals surface area contributed by atoms with E-state index in [-0.39, 0.29) is 0 Å². The van der Waals surface area contributed by atoms with E-state index in [1.54, 1.807) is 11.3 Å². The number of hydrogen-bond donors (Lipinski definition) is 1. The molecule has 0 bridgehead atoms. The van der Waals surface area contributed by atoms with Gasteiger partial charge in [0.2, 0.25) is 0 Å². The Morgan fingerprint density at radius 1 is 1.47 bits per heavy atom. The molecule has 0 spiro atoms. The maximum atomic E-state index is 5.51. The van der Waals surface area contributed by atoms with Crippen LogP contribution in [0, 0.1) is 5.92 Å². The molecule has 1 N–H and O–H groups in total. The summed E-state index contributed by atoms with van der Waals surface area (Å²) in [7, 11) is 0. The number of hydrogen-bond acceptors (Lipinski definition) is 5. The summed E-state index contributed by atoms with van der Waals surface area (Å²) in [5.41, 5.74) is 1.04. The summed E-state index contributed by atoms with van der Waals surface area (Å²) >= 11 is 3.57. The standard InChI is InChI=1S/C14H20N2OS2/c1-4-17-11-5-6-12-13(7-11)19-14(16-12)15-8-10(2)9-18-3/h5-7,10H,4,8-9H2,1-3H3,(H,15,16). The smallest absolute Gasteiger partial charge is 0.183 e. The second-order valence-electron chi connectivity index (χ2n) is 4.52. The van der Waals surface area contributed by atoms with Crippen LogP contribution < -0.4 is 10.1 Å². The van der Waals surface area contributed by atoms with Gasteiger partial charge >= 0.3 is 0 Å². The average Bonchev–Trinajstić information content (AvgIpc) is 2.79. The number of ether oxygens (including phenoxy) is 1. The molecule has 5 heteroatoms. The Balaban J connectivity index is 2.04. The first kappa shape index (κ1) is 14.5. The van der Waals surface area contributed by atoms with Gasteiger partial charge in [0, 0.05) is 6.54 Å². The molecule has 1 aromatic heterocycles. The van der Waals surface area contributed by atoms with Crippen molar-refractivity contribution in [3.05, 3.63) is 18.2 Å². The molecule has 104 valence electrons. The molecule has 0 amide bonds. The van der Waals surface area contributed by atoms with E-state index in [9.17, 15) is 0 Å². The van der Waals surface area contributed by atoms with Gasteiger partial charge in [-0.3, -0.25) is 0 Å². The van der Waals surface area contributed by atoms with Gasteiger partial charge in [-0.05, 0) is 43.0 Å². The van der Waals surface area contributed by atoms with E-state index in [0.717, 1.165) is 22.9 Å². The molecule has 3 nitrogen and oxygen atoms in total. The Morgan fingerprint density at radius 3 is 3.05 bits per heavy atom. The van der Waals surface area contributed by atoms with E-state index < -0.39 is 0 Å². The molecular weight excluding hydrogens is 276 g/mol. The molecule has 19 heavy (non-hydrogen) atoms. The number of anilines is 1. The van der Waals surface area contributed by atoms with Gasteiger partial charge in [-0.1, -0.05) is 18.3 Å². The highest BCUT2D eigenvalue weighted by Crippen LogP contribution is 2.29. The molecule has 1 atom stereocenters. The quantitative estimate of drug-likeness (QED) is 0.834. The number of fused-ring (bicyclic) bond motifs is 1. The largest absolute Gasteiger partial charge is 0.494 e. The van der Waals surface area contributed by atoms with Crippen molar-refractivity contribution in [2.24, 2.45) is 5.92 Å². The predicted molar refractivity (Wildman–Crippen MR) is 86.8 cm³/mol. The Morgan fingerprint density at radius 2 is 2.32 bits per heavy atom. The second kappa shape index (κ2) is 7.01. The maximum Gasteiger partial charge on any atom is 0.183 e. The molecule has 0 saturated carbocycles. The van der Waals surface area contributed by atoms with Crippen LogP contribution >= 0.6 is 23.1 Å². The van der Waals surface area contributed by atoms with Gasteiger partial charge in [0.25, 0.3) is 0 Å². The minimum absolute atomic E-state index is 0.654. The lowest BCUT2D eigenvalue weighted by Crippen LogP contribution is -2.12. The zero-order chi connectivity index (χ0) is 13.7. The van der Waals surface area contributed by atoms with Crippen molar-refractivity contribution in [2.45, 2.75) is 13.8 Å². The zero-order valence-corrected chi connectivity index (χ0v) is 13.2. The number of aromatic nitrogens is 1. The van der Waals surface area contributed by atoms with Crippen LogP contribution in [0.15, 0.2) is 18.2 Å². The summed E-state index contributed by atoms with van der Waals surface area (Å²) in [6, 6.07) is 6.06. The van der Waals surface area contributed by atoms with Gasteiger partial charge in [0.15, 0.2) is 5.13 Å².